The van der Waals surface area contributed by atoms with Gasteiger partial charge in [-0.15, -0.1) is 0 Å². The maximum atomic E-state index is 5.97. The van der Waals surface area contributed by atoms with Crippen LogP contribution in [0.1, 0.15) is 44.7 Å². The van der Waals surface area contributed by atoms with Crippen molar-refractivity contribution in [1.29, 1.82) is 0 Å². The molecule has 4 heteroatoms. The van der Waals surface area contributed by atoms with Gasteiger partial charge in [0.1, 0.15) is 0 Å². The highest BCUT2D eigenvalue weighted by Crippen LogP contribution is 2.35. The Morgan fingerprint density at radius 3 is 2.89 bits per heavy atom. The highest BCUT2D eigenvalue weighted by atomic mass is 15.3. The van der Waals surface area contributed by atoms with Crippen LogP contribution in [0.25, 0.3) is 0 Å². The Balaban J connectivity index is 2.21. The predicted molar refractivity (Wildman–Crippen MR) is 74.3 cm³/mol. The van der Waals surface area contributed by atoms with Gasteiger partial charge in [-0.25, -0.2) is 0 Å². The number of aromatic nitrogens is 2. The fourth-order valence-corrected chi connectivity index (χ4v) is 3.12. The second kappa shape index (κ2) is 6.34. The maximum absolute atomic E-state index is 5.97. The van der Waals surface area contributed by atoms with E-state index in [1.165, 1.54) is 37.9 Å². The van der Waals surface area contributed by atoms with Crippen molar-refractivity contribution in [3.8, 4) is 0 Å². The van der Waals surface area contributed by atoms with Crippen molar-refractivity contribution < 1.29 is 0 Å². The van der Waals surface area contributed by atoms with Crippen LogP contribution in [0.15, 0.2) is 12.4 Å². The molecule has 102 valence electrons. The molecule has 2 rings (SSSR count). The zero-order valence-electron chi connectivity index (χ0n) is 11.7. The summed E-state index contributed by atoms with van der Waals surface area (Å²) in [5.74, 6) is 0.583. The summed E-state index contributed by atoms with van der Waals surface area (Å²) in [6.07, 6.45) is 7.96. The molecule has 1 aromatic rings. The van der Waals surface area contributed by atoms with Gasteiger partial charge in [-0.1, -0.05) is 6.92 Å². The molecule has 2 N–H and O–H groups in total. The number of likely N-dealkylation sites (tertiary alicyclic amines) is 1. The predicted octanol–water partition coefficient (Wildman–Crippen LogP) is 2.02. The number of hydrogen-bond acceptors (Lipinski definition) is 3. The summed E-state index contributed by atoms with van der Waals surface area (Å²) in [4.78, 5) is 2.60. The van der Waals surface area contributed by atoms with E-state index in [9.17, 15) is 0 Å². The fourth-order valence-electron chi connectivity index (χ4n) is 3.12. The smallest absolute Gasteiger partial charge is 0.0537 e. The number of aryl methyl sites for hydroxylation is 1. The van der Waals surface area contributed by atoms with Crippen LogP contribution in [0.5, 0.6) is 0 Å². The molecule has 1 aliphatic heterocycles. The molecule has 0 saturated carbocycles. The van der Waals surface area contributed by atoms with E-state index in [1.54, 1.807) is 0 Å². The molecule has 2 atom stereocenters. The summed E-state index contributed by atoms with van der Waals surface area (Å²) in [7, 11) is 0. The average Bonchev–Trinajstić information content (AvgIpc) is 2.87. The summed E-state index contributed by atoms with van der Waals surface area (Å²) in [5, 5.41) is 4.42. The molecule has 18 heavy (non-hydrogen) atoms. The summed E-state index contributed by atoms with van der Waals surface area (Å²) in [5.41, 5.74) is 7.32. The summed E-state index contributed by atoms with van der Waals surface area (Å²) < 4.78 is 2.02. The highest BCUT2D eigenvalue weighted by molar-refractivity contribution is 5.13. The topological polar surface area (TPSA) is 47.1 Å². The lowest BCUT2D eigenvalue weighted by Crippen LogP contribution is -2.41. The van der Waals surface area contributed by atoms with E-state index in [-0.39, 0.29) is 0 Å². The molecule has 1 aliphatic rings. The third-order valence-corrected chi connectivity index (χ3v) is 3.99. The largest absolute Gasteiger partial charge is 0.330 e. The van der Waals surface area contributed by atoms with Gasteiger partial charge in [0, 0.05) is 24.3 Å². The number of piperidine rings is 1. The van der Waals surface area contributed by atoms with Gasteiger partial charge in [-0.05, 0) is 51.7 Å². The van der Waals surface area contributed by atoms with Crippen molar-refractivity contribution in [3.05, 3.63) is 18.0 Å². The number of nitrogens with two attached hydrogens (primary N) is 1. The molecule has 0 radical (unpaired) electrons. The van der Waals surface area contributed by atoms with Crippen LogP contribution in [0.2, 0.25) is 0 Å². The molecule has 4 nitrogen and oxygen atoms in total. The quantitative estimate of drug-likeness (QED) is 0.869. The van der Waals surface area contributed by atoms with E-state index in [1.807, 2.05) is 10.9 Å². The van der Waals surface area contributed by atoms with Gasteiger partial charge in [0.2, 0.25) is 0 Å². The Morgan fingerprint density at radius 1 is 1.44 bits per heavy atom. The van der Waals surface area contributed by atoms with Gasteiger partial charge in [0.15, 0.2) is 0 Å². The molecule has 0 aliphatic carbocycles. The molecule has 0 amide bonds. The van der Waals surface area contributed by atoms with Crippen molar-refractivity contribution in [2.75, 3.05) is 19.6 Å². The van der Waals surface area contributed by atoms with E-state index in [4.69, 9.17) is 5.73 Å². The van der Waals surface area contributed by atoms with Gasteiger partial charge >= 0.3 is 0 Å². The lowest BCUT2D eigenvalue weighted by Gasteiger charge is -2.40. The lowest BCUT2D eigenvalue weighted by atomic mass is 9.86. The zero-order chi connectivity index (χ0) is 13.0. The first-order chi connectivity index (χ1) is 8.80. The van der Waals surface area contributed by atoms with E-state index < -0.39 is 0 Å². The Morgan fingerprint density at radius 2 is 2.28 bits per heavy atom. The number of hydrogen-bond donors (Lipinski definition) is 1. The molecular formula is C14H26N4. The standard InChI is InChI=1S/C14H26N4/c1-3-7-17-8-5-6-12(9-15)14(17)13-10-16-18(4-2)11-13/h10-12,14H,3-9,15H2,1-2H3. The third-order valence-electron chi connectivity index (χ3n) is 3.99. The first-order valence-electron chi connectivity index (χ1n) is 7.26. The van der Waals surface area contributed by atoms with E-state index >= 15 is 0 Å². The van der Waals surface area contributed by atoms with Crippen LogP contribution in [-0.4, -0.2) is 34.3 Å². The second-order valence-corrected chi connectivity index (χ2v) is 5.25. The molecule has 2 heterocycles. The van der Waals surface area contributed by atoms with Crippen molar-refractivity contribution in [1.82, 2.24) is 14.7 Å². The average molecular weight is 250 g/mol. The van der Waals surface area contributed by atoms with E-state index in [0.29, 0.717) is 12.0 Å². The minimum atomic E-state index is 0.476. The molecule has 2 unspecified atom stereocenters. The highest BCUT2D eigenvalue weighted by Gasteiger charge is 2.31. The lowest BCUT2D eigenvalue weighted by molar-refractivity contribution is 0.0960. The minimum Gasteiger partial charge on any atom is -0.330 e. The summed E-state index contributed by atoms with van der Waals surface area (Å²) in [6.45, 7) is 8.46. The molecule has 0 bridgehead atoms. The van der Waals surface area contributed by atoms with Crippen molar-refractivity contribution >= 4 is 0 Å². The summed E-state index contributed by atoms with van der Waals surface area (Å²) >= 11 is 0. The molecule has 0 aromatic carbocycles. The normalized spacial score (nSPS) is 25.5. The Labute approximate surface area is 110 Å². The second-order valence-electron chi connectivity index (χ2n) is 5.25. The molecular weight excluding hydrogens is 224 g/mol. The van der Waals surface area contributed by atoms with Crippen LogP contribution in [0.3, 0.4) is 0 Å². The Bertz CT molecular complexity index is 358. The zero-order valence-corrected chi connectivity index (χ0v) is 11.7. The van der Waals surface area contributed by atoms with Gasteiger partial charge in [-0.2, -0.15) is 5.10 Å². The summed E-state index contributed by atoms with van der Waals surface area (Å²) in [6, 6.07) is 0.476. The van der Waals surface area contributed by atoms with Crippen molar-refractivity contribution in [3.63, 3.8) is 0 Å². The Hall–Kier alpha value is -0.870. The number of rotatable bonds is 5. The van der Waals surface area contributed by atoms with Crippen LogP contribution in [0.4, 0.5) is 0 Å². The maximum Gasteiger partial charge on any atom is 0.0537 e. The SMILES string of the molecule is CCCN1CCCC(CN)C1c1cnn(CC)c1. The van der Waals surface area contributed by atoms with Gasteiger partial charge in [0.05, 0.1) is 6.20 Å². The van der Waals surface area contributed by atoms with Gasteiger partial charge in [0.25, 0.3) is 0 Å². The third kappa shape index (κ3) is 2.75. The van der Waals surface area contributed by atoms with Crippen LogP contribution in [-0.2, 0) is 6.54 Å². The van der Waals surface area contributed by atoms with Crippen molar-refractivity contribution in [2.24, 2.45) is 11.7 Å². The van der Waals surface area contributed by atoms with Crippen LogP contribution in [0, 0.1) is 5.92 Å². The molecule has 1 fully saturated rings. The monoisotopic (exact) mass is 250 g/mol. The van der Waals surface area contributed by atoms with Crippen molar-refractivity contribution in [2.45, 2.75) is 45.7 Å². The van der Waals surface area contributed by atoms with Crippen LogP contribution >= 0.6 is 0 Å². The van der Waals surface area contributed by atoms with E-state index in [2.05, 4.69) is 30.0 Å². The van der Waals surface area contributed by atoms with Gasteiger partial charge < -0.3 is 5.73 Å². The fraction of sp³-hybridized carbons (Fsp3) is 0.786. The first-order valence-corrected chi connectivity index (χ1v) is 7.26. The molecule has 1 saturated heterocycles. The Kier molecular flexibility index (Phi) is 4.78. The number of nitrogens with zero attached hydrogens (tertiary/aromatic N) is 3. The van der Waals surface area contributed by atoms with E-state index in [0.717, 1.165) is 13.1 Å². The molecule has 0 spiro atoms. The first kappa shape index (κ1) is 13.6. The van der Waals surface area contributed by atoms with Crippen LogP contribution < -0.4 is 5.73 Å². The minimum absolute atomic E-state index is 0.476. The molecule has 1 aromatic heterocycles. The van der Waals surface area contributed by atoms with Gasteiger partial charge in [-0.3, -0.25) is 9.58 Å².